The van der Waals surface area contributed by atoms with Crippen LogP contribution in [-0.2, 0) is 4.74 Å². The number of hydrogen-bond acceptors (Lipinski definition) is 1. The number of epoxide rings is 1. The van der Waals surface area contributed by atoms with Gasteiger partial charge in [-0.05, 0) is 39.2 Å². The summed E-state index contributed by atoms with van der Waals surface area (Å²) in [7, 11) is 0. The molecule has 1 aliphatic rings. The lowest BCUT2D eigenvalue weighted by Gasteiger charge is -2.06. The summed E-state index contributed by atoms with van der Waals surface area (Å²) >= 11 is 0. The molecule has 17 heavy (non-hydrogen) atoms. The lowest BCUT2D eigenvalue weighted by atomic mass is 9.98. The predicted molar refractivity (Wildman–Crippen MR) is 70.1 cm³/mol. The first kappa shape index (κ1) is 9.20. The zero-order chi connectivity index (χ0) is 11.2. The molecule has 0 N–H and O–H groups in total. The van der Waals surface area contributed by atoms with Crippen LogP contribution in [0.2, 0.25) is 0 Å². The molecular weight excluding hydrogens is 208 g/mol. The van der Waals surface area contributed by atoms with Gasteiger partial charge < -0.3 is 4.74 Å². The highest BCUT2D eigenvalue weighted by Gasteiger charge is 2.26. The van der Waals surface area contributed by atoms with Crippen LogP contribution in [0.5, 0.6) is 0 Å². The summed E-state index contributed by atoms with van der Waals surface area (Å²) in [6.45, 7) is 0.867. The Hall–Kier alpha value is -1.86. The Morgan fingerprint density at radius 3 is 2.29 bits per heavy atom. The first-order valence-corrected chi connectivity index (χ1v) is 5.95. The van der Waals surface area contributed by atoms with Gasteiger partial charge in [-0.25, -0.2) is 0 Å². The molecule has 0 spiro atoms. The Morgan fingerprint density at radius 2 is 1.53 bits per heavy atom. The second-order valence-corrected chi connectivity index (χ2v) is 4.59. The Balaban J connectivity index is 2.12. The van der Waals surface area contributed by atoms with E-state index in [2.05, 4.69) is 54.6 Å². The van der Waals surface area contributed by atoms with E-state index >= 15 is 0 Å². The molecule has 0 bridgehead atoms. The average Bonchev–Trinajstić information content (AvgIpc) is 3.20. The van der Waals surface area contributed by atoms with E-state index < -0.39 is 0 Å². The molecule has 0 aromatic heterocycles. The van der Waals surface area contributed by atoms with E-state index in [-0.39, 0.29) is 0 Å². The molecule has 82 valence electrons. The first-order chi connectivity index (χ1) is 8.42. The third-order valence-electron chi connectivity index (χ3n) is 3.46. The second kappa shape index (κ2) is 3.31. The summed E-state index contributed by atoms with van der Waals surface area (Å²) in [5, 5.41) is 5.23. The summed E-state index contributed by atoms with van der Waals surface area (Å²) in [5.41, 5.74) is 1.33. The molecule has 3 aromatic carbocycles. The molecule has 0 saturated carbocycles. The van der Waals surface area contributed by atoms with Crippen LogP contribution in [0.15, 0.2) is 54.6 Å². The van der Waals surface area contributed by atoms with Crippen LogP contribution >= 0.6 is 0 Å². The maximum atomic E-state index is 5.41. The third kappa shape index (κ3) is 1.43. The van der Waals surface area contributed by atoms with Crippen LogP contribution in [0, 0.1) is 0 Å². The van der Waals surface area contributed by atoms with Gasteiger partial charge in [0.1, 0.15) is 6.10 Å². The molecule has 0 radical (unpaired) electrons. The molecule has 1 atom stereocenters. The van der Waals surface area contributed by atoms with Crippen LogP contribution in [0.25, 0.3) is 21.5 Å². The van der Waals surface area contributed by atoms with Gasteiger partial charge in [0.2, 0.25) is 0 Å². The first-order valence-electron chi connectivity index (χ1n) is 5.95. The van der Waals surface area contributed by atoms with Gasteiger partial charge in [-0.3, -0.25) is 0 Å². The molecule has 0 aliphatic carbocycles. The fourth-order valence-electron chi connectivity index (χ4n) is 2.50. The van der Waals surface area contributed by atoms with E-state index in [4.69, 9.17) is 4.74 Å². The van der Waals surface area contributed by atoms with Crippen molar-refractivity contribution in [2.45, 2.75) is 6.10 Å². The third-order valence-corrected chi connectivity index (χ3v) is 3.46. The van der Waals surface area contributed by atoms with Crippen molar-refractivity contribution in [3.05, 3.63) is 60.2 Å². The maximum absolute atomic E-state index is 5.41. The van der Waals surface area contributed by atoms with Gasteiger partial charge in [-0.15, -0.1) is 0 Å². The summed E-state index contributed by atoms with van der Waals surface area (Å²) in [6.07, 6.45) is 0.319. The highest BCUT2D eigenvalue weighted by atomic mass is 16.6. The Bertz CT molecular complexity index is 711. The highest BCUT2D eigenvalue weighted by Crippen LogP contribution is 2.36. The van der Waals surface area contributed by atoms with E-state index in [0.29, 0.717) is 6.10 Å². The summed E-state index contributed by atoms with van der Waals surface area (Å²) < 4.78 is 5.41. The fourth-order valence-corrected chi connectivity index (χ4v) is 2.50. The second-order valence-electron chi connectivity index (χ2n) is 4.59. The zero-order valence-electron chi connectivity index (χ0n) is 9.39. The molecule has 1 aliphatic heterocycles. The van der Waals surface area contributed by atoms with Crippen molar-refractivity contribution in [1.29, 1.82) is 0 Å². The minimum Gasteiger partial charge on any atom is -0.368 e. The molecule has 1 nitrogen and oxygen atoms in total. The lowest BCUT2D eigenvalue weighted by molar-refractivity contribution is 0.417. The average molecular weight is 220 g/mol. The molecule has 3 aromatic rings. The fraction of sp³-hybridized carbons (Fsp3) is 0.125. The number of hydrogen-bond donors (Lipinski definition) is 0. The van der Waals surface area contributed by atoms with Crippen molar-refractivity contribution >= 4 is 21.5 Å². The van der Waals surface area contributed by atoms with E-state index in [9.17, 15) is 0 Å². The standard InChI is InChI=1S/C16H12O/c1-2-5-12-9-15-13(8-11(12)4-1)6-3-7-14(15)16-10-17-16/h1-9,16H,10H2/t16-/m1/s1. The normalized spacial score (nSPS) is 18.7. The highest BCUT2D eigenvalue weighted by molar-refractivity contribution is 5.99. The van der Waals surface area contributed by atoms with Crippen molar-refractivity contribution in [3.63, 3.8) is 0 Å². The van der Waals surface area contributed by atoms with Gasteiger partial charge in [0.25, 0.3) is 0 Å². The topological polar surface area (TPSA) is 12.5 Å². The minimum atomic E-state index is 0.319. The van der Waals surface area contributed by atoms with Crippen molar-refractivity contribution in [3.8, 4) is 0 Å². The minimum absolute atomic E-state index is 0.319. The molecule has 0 amide bonds. The summed E-state index contributed by atoms with van der Waals surface area (Å²) in [5.74, 6) is 0. The molecule has 1 heteroatoms. The number of rotatable bonds is 1. The van der Waals surface area contributed by atoms with Crippen molar-refractivity contribution < 1.29 is 4.74 Å². The quantitative estimate of drug-likeness (QED) is 0.445. The molecule has 1 fully saturated rings. The molecular formula is C16H12O. The van der Waals surface area contributed by atoms with Gasteiger partial charge in [0.05, 0.1) is 6.61 Å². The summed E-state index contributed by atoms with van der Waals surface area (Å²) in [4.78, 5) is 0. The van der Waals surface area contributed by atoms with Gasteiger partial charge in [-0.2, -0.15) is 0 Å². The predicted octanol–water partition coefficient (Wildman–Crippen LogP) is 4.06. The SMILES string of the molecule is c1ccc2cc3c([C@H]4CO4)cccc3cc2c1. The number of benzene rings is 3. The van der Waals surface area contributed by atoms with Gasteiger partial charge in [-0.1, -0.05) is 42.5 Å². The lowest BCUT2D eigenvalue weighted by Crippen LogP contribution is -1.84. The molecule has 1 heterocycles. The van der Waals surface area contributed by atoms with Gasteiger partial charge in [0.15, 0.2) is 0 Å². The number of fused-ring (bicyclic) bond motifs is 2. The van der Waals surface area contributed by atoms with Crippen LogP contribution < -0.4 is 0 Å². The molecule has 4 rings (SSSR count). The summed E-state index contributed by atoms with van der Waals surface area (Å²) in [6, 6.07) is 19.5. The largest absolute Gasteiger partial charge is 0.368 e. The van der Waals surface area contributed by atoms with Crippen molar-refractivity contribution in [2.24, 2.45) is 0 Å². The van der Waals surface area contributed by atoms with E-state index in [1.807, 2.05) is 0 Å². The van der Waals surface area contributed by atoms with E-state index in [1.165, 1.54) is 27.1 Å². The van der Waals surface area contributed by atoms with Crippen LogP contribution in [0.4, 0.5) is 0 Å². The molecule has 1 saturated heterocycles. The van der Waals surface area contributed by atoms with E-state index in [1.54, 1.807) is 0 Å². The maximum Gasteiger partial charge on any atom is 0.107 e. The monoisotopic (exact) mass is 220 g/mol. The number of ether oxygens (including phenoxy) is 1. The smallest absolute Gasteiger partial charge is 0.107 e. The van der Waals surface area contributed by atoms with E-state index in [0.717, 1.165) is 6.61 Å². The van der Waals surface area contributed by atoms with Crippen LogP contribution in [0.3, 0.4) is 0 Å². The van der Waals surface area contributed by atoms with Crippen LogP contribution in [-0.4, -0.2) is 6.61 Å². The van der Waals surface area contributed by atoms with Crippen molar-refractivity contribution in [2.75, 3.05) is 6.61 Å². The molecule has 0 unspecified atom stereocenters. The Labute approximate surface area is 99.6 Å². The van der Waals surface area contributed by atoms with Crippen molar-refractivity contribution in [1.82, 2.24) is 0 Å². The Kier molecular flexibility index (Phi) is 1.79. The van der Waals surface area contributed by atoms with Gasteiger partial charge >= 0.3 is 0 Å². The van der Waals surface area contributed by atoms with Crippen LogP contribution in [0.1, 0.15) is 11.7 Å². The van der Waals surface area contributed by atoms with Gasteiger partial charge in [0, 0.05) is 0 Å². The Morgan fingerprint density at radius 1 is 0.824 bits per heavy atom. The zero-order valence-corrected chi connectivity index (χ0v) is 9.39.